The van der Waals surface area contributed by atoms with Gasteiger partial charge in [0.15, 0.2) is 0 Å². The van der Waals surface area contributed by atoms with Gasteiger partial charge in [0.1, 0.15) is 5.65 Å². The number of carbonyl (C=O) groups is 1. The second kappa shape index (κ2) is 9.56. The number of unbranched alkanes of at least 4 members (excludes halogenated alkanes) is 1. The number of aromatic nitrogens is 2. The Morgan fingerprint density at radius 3 is 2.62 bits per heavy atom. The highest BCUT2D eigenvalue weighted by atomic mass is 32.1. The summed E-state index contributed by atoms with van der Waals surface area (Å²) in [4.78, 5) is 20.8. The lowest BCUT2D eigenvalue weighted by Crippen LogP contribution is -2.24. The van der Waals surface area contributed by atoms with Gasteiger partial charge in [-0.1, -0.05) is 12.1 Å². The number of nitrogens with zero attached hydrogens (tertiary/aromatic N) is 1. The second-order valence-electron chi connectivity index (χ2n) is 7.57. The van der Waals surface area contributed by atoms with Crippen LogP contribution in [0.1, 0.15) is 44.8 Å². The van der Waals surface area contributed by atoms with E-state index < -0.39 is 11.7 Å². The summed E-state index contributed by atoms with van der Waals surface area (Å²) in [5.41, 5.74) is 3.14. The molecule has 0 aliphatic carbocycles. The predicted octanol–water partition coefficient (Wildman–Crippen LogP) is 5.99. The van der Waals surface area contributed by atoms with E-state index in [2.05, 4.69) is 15.3 Å². The minimum atomic E-state index is -4.31. The average molecular weight is 458 g/mol. The predicted molar refractivity (Wildman–Crippen MR) is 120 cm³/mol. The van der Waals surface area contributed by atoms with Crippen LogP contribution in [0.3, 0.4) is 0 Å². The zero-order valence-corrected chi connectivity index (χ0v) is 18.0. The van der Waals surface area contributed by atoms with E-state index in [4.69, 9.17) is 0 Å². The van der Waals surface area contributed by atoms with Crippen molar-refractivity contribution in [1.82, 2.24) is 15.3 Å². The Morgan fingerprint density at radius 1 is 1.03 bits per heavy atom. The van der Waals surface area contributed by atoms with Crippen molar-refractivity contribution < 1.29 is 18.0 Å². The summed E-state index contributed by atoms with van der Waals surface area (Å²) in [7, 11) is 0. The maximum atomic E-state index is 12.7. The summed E-state index contributed by atoms with van der Waals surface area (Å²) >= 11 is 1.42. The first-order chi connectivity index (χ1) is 15.4. The zero-order chi connectivity index (χ0) is 22.6. The summed E-state index contributed by atoms with van der Waals surface area (Å²) in [5, 5.41) is 5.93. The molecule has 0 saturated heterocycles. The number of H-pyrrole nitrogens is 1. The number of aryl methyl sites for hydroxylation is 1. The number of rotatable bonds is 8. The third-order valence-electron chi connectivity index (χ3n) is 5.34. The standard InChI is InChI=1S/C24H22F3N3OS/c25-24(26,27)19-6-4-16(5-7-19)3-1-2-11-30-23(31)21-18(10-14-32-21)15-17-8-12-28-22-20(17)9-13-29-22/h4-10,12-14H,1-3,11,15H2,(H,28,29)(H,30,31). The number of fused-ring (bicyclic) bond motifs is 1. The van der Waals surface area contributed by atoms with Gasteiger partial charge in [-0.05, 0) is 78.1 Å². The van der Waals surface area contributed by atoms with Crippen molar-refractivity contribution >= 4 is 28.3 Å². The molecule has 166 valence electrons. The smallest absolute Gasteiger partial charge is 0.351 e. The molecule has 0 bridgehead atoms. The third kappa shape index (κ3) is 5.19. The lowest BCUT2D eigenvalue weighted by Gasteiger charge is -2.08. The van der Waals surface area contributed by atoms with E-state index >= 15 is 0 Å². The van der Waals surface area contributed by atoms with Gasteiger partial charge in [-0.3, -0.25) is 4.79 Å². The number of amides is 1. The molecule has 0 fully saturated rings. The number of alkyl halides is 3. The molecule has 0 aliphatic heterocycles. The quantitative estimate of drug-likeness (QED) is 0.320. The van der Waals surface area contributed by atoms with Gasteiger partial charge in [-0.15, -0.1) is 11.3 Å². The number of nitrogens with one attached hydrogen (secondary N) is 2. The maximum Gasteiger partial charge on any atom is 0.416 e. The molecule has 4 nitrogen and oxygen atoms in total. The van der Waals surface area contributed by atoms with Crippen molar-refractivity contribution in [2.75, 3.05) is 6.54 Å². The van der Waals surface area contributed by atoms with E-state index in [-0.39, 0.29) is 5.91 Å². The van der Waals surface area contributed by atoms with E-state index in [1.807, 2.05) is 29.8 Å². The van der Waals surface area contributed by atoms with Crippen LogP contribution in [0.15, 0.2) is 60.2 Å². The van der Waals surface area contributed by atoms with Gasteiger partial charge >= 0.3 is 6.18 Å². The monoisotopic (exact) mass is 457 g/mol. The summed E-state index contributed by atoms with van der Waals surface area (Å²) in [5.74, 6) is -0.0936. The topological polar surface area (TPSA) is 57.8 Å². The van der Waals surface area contributed by atoms with Crippen molar-refractivity contribution in [1.29, 1.82) is 0 Å². The first kappa shape index (κ1) is 22.1. The third-order valence-corrected chi connectivity index (χ3v) is 6.30. The fourth-order valence-electron chi connectivity index (χ4n) is 3.65. The summed E-state index contributed by atoms with van der Waals surface area (Å²) in [6.45, 7) is 0.522. The van der Waals surface area contributed by atoms with E-state index in [1.54, 1.807) is 6.20 Å². The van der Waals surface area contributed by atoms with Gasteiger partial charge in [0.05, 0.1) is 10.4 Å². The van der Waals surface area contributed by atoms with Gasteiger partial charge in [0.25, 0.3) is 5.91 Å². The Balaban J connectivity index is 1.26. The largest absolute Gasteiger partial charge is 0.416 e. The first-order valence-corrected chi connectivity index (χ1v) is 11.2. The van der Waals surface area contributed by atoms with Crippen molar-refractivity contribution in [3.8, 4) is 0 Å². The van der Waals surface area contributed by atoms with Crippen LogP contribution in [0.4, 0.5) is 13.2 Å². The molecule has 4 aromatic rings. The molecule has 32 heavy (non-hydrogen) atoms. The molecular weight excluding hydrogens is 435 g/mol. The van der Waals surface area contributed by atoms with Crippen molar-refractivity contribution in [2.24, 2.45) is 0 Å². The lowest BCUT2D eigenvalue weighted by atomic mass is 10.0. The molecule has 0 spiro atoms. The van der Waals surface area contributed by atoms with E-state index in [0.717, 1.165) is 52.7 Å². The Morgan fingerprint density at radius 2 is 1.84 bits per heavy atom. The minimum absolute atomic E-state index is 0.0936. The van der Waals surface area contributed by atoms with Crippen molar-refractivity contribution in [2.45, 2.75) is 31.9 Å². The molecule has 3 heterocycles. The van der Waals surface area contributed by atoms with Crippen LogP contribution in [-0.4, -0.2) is 22.4 Å². The molecule has 2 N–H and O–H groups in total. The van der Waals surface area contributed by atoms with Crippen molar-refractivity contribution in [3.05, 3.63) is 87.4 Å². The average Bonchev–Trinajstić information content (AvgIpc) is 3.43. The molecule has 1 amide bonds. The van der Waals surface area contributed by atoms with Gasteiger partial charge < -0.3 is 10.3 Å². The number of benzene rings is 1. The van der Waals surface area contributed by atoms with Gasteiger partial charge in [-0.2, -0.15) is 13.2 Å². The van der Waals surface area contributed by atoms with Crippen LogP contribution in [0.5, 0.6) is 0 Å². The van der Waals surface area contributed by atoms with Crippen LogP contribution in [-0.2, 0) is 19.0 Å². The summed E-state index contributed by atoms with van der Waals surface area (Å²) in [6, 6.07) is 11.2. The highest BCUT2D eigenvalue weighted by Crippen LogP contribution is 2.29. The van der Waals surface area contributed by atoms with Gasteiger partial charge in [0.2, 0.25) is 0 Å². The maximum absolute atomic E-state index is 12.7. The minimum Gasteiger partial charge on any atom is -0.351 e. The van der Waals surface area contributed by atoms with E-state index in [0.29, 0.717) is 24.3 Å². The number of pyridine rings is 1. The molecule has 0 radical (unpaired) electrons. The Kier molecular flexibility index (Phi) is 6.60. The van der Waals surface area contributed by atoms with E-state index in [1.165, 1.54) is 23.5 Å². The SMILES string of the molecule is O=C(NCCCCc1ccc(C(F)(F)F)cc1)c1sccc1Cc1ccnc2[nH]ccc12. The number of aromatic amines is 1. The van der Waals surface area contributed by atoms with Gasteiger partial charge in [-0.25, -0.2) is 4.98 Å². The van der Waals surface area contributed by atoms with E-state index in [9.17, 15) is 18.0 Å². The molecule has 0 saturated carbocycles. The fraction of sp³-hybridized carbons (Fsp3) is 0.250. The molecule has 0 aliphatic rings. The van der Waals surface area contributed by atoms with Crippen LogP contribution in [0.2, 0.25) is 0 Å². The normalized spacial score (nSPS) is 11.7. The first-order valence-electron chi connectivity index (χ1n) is 10.3. The molecule has 1 aromatic carbocycles. The molecule has 0 atom stereocenters. The van der Waals surface area contributed by atoms with Crippen LogP contribution in [0.25, 0.3) is 11.0 Å². The van der Waals surface area contributed by atoms with Gasteiger partial charge in [0, 0.05) is 24.3 Å². The molecule has 4 rings (SSSR count). The number of hydrogen-bond donors (Lipinski definition) is 2. The highest BCUT2D eigenvalue weighted by Gasteiger charge is 2.29. The Hall–Kier alpha value is -3.13. The van der Waals surface area contributed by atoms with Crippen LogP contribution < -0.4 is 5.32 Å². The Labute approximate surface area is 187 Å². The van der Waals surface area contributed by atoms with Crippen molar-refractivity contribution in [3.63, 3.8) is 0 Å². The van der Waals surface area contributed by atoms with Crippen LogP contribution >= 0.6 is 11.3 Å². The Bertz CT molecular complexity index is 1200. The number of carbonyl (C=O) groups excluding carboxylic acids is 1. The molecule has 0 unspecified atom stereocenters. The number of thiophene rings is 1. The zero-order valence-electron chi connectivity index (χ0n) is 17.2. The number of halogens is 3. The van der Waals surface area contributed by atoms with Crippen LogP contribution in [0, 0.1) is 0 Å². The fourth-order valence-corrected chi connectivity index (χ4v) is 4.49. The highest BCUT2D eigenvalue weighted by molar-refractivity contribution is 7.12. The molecule has 3 aromatic heterocycles. The summed E-state index contributed by atoms with van der Waals surface area (Å²) < 4.78 is 37.9. The molecule has 8 heteroatoms. The second-order valence-corrected chi connectivity index (χ2v) is 8.49. The molecular formula is C24H22F3N3OS. The summed E-state index contributed by atoms with van der Waals surface area (Å²) in [6.07, 6.45) is 2.16. The number of hydrogen-bond acceptors (Lipinski definition) is 3. The lowest BCUT2D eigenvalue weighted by molar-refractivity contribution is -0.137.